The lowest BCUT2D eigenvalue weighted by atomic mass is 9.91. The van der Waals surface area contributed by atoms with Crippen molar-refractivity contribution >= 4 is 22.3 Å². The highest BCUT2D eigenvalue weighted by Gasteiger charge is 2.36. The molecule has 0 bridgehead atoms. The van der Waals surface area contributed by atoms with Crippen LogP contribution in [0.15, 0.2) is 195 Å². The van der Waals surface area contributed by atoms with E-state index in [2.05, 4.69) is 179 Å². The lowest BCUT2D eigenvalue weighted by Gasteiger charge is -2.28. The second-order valence-corrected chi connectivity index (χ2v) is 12.7. The minimum Gasteiger partial charge on any atom is -0.333 e. The van der Waals surface area contributed by atoms with Crippen LogP contribution in [0.2, 0.25) is 0 Å². The molecule has 238 valence electrons. The lowest BCUT2D eigenvalue weighted by Crippen LogP contribution is -2.28. The fourth-order valence-corrected chi connectivity index (χ4v) is 7.22. The molecule has 0 fully saturated rings. The maximum absolute atomic E-state index is 4.84. The number of hydrogen-bond donors (Lipinski definition) is 0. The Hall–Kier alpha value is -6.52. The molecule has 3 aromatic heterocycles. The summed E-state index contributed by atoms with van der Waals surface area (Å²) in [5.41, 5.74) is 12.2. The summed E-state index contributed by atoms with van der Waals surface area (Å²) in [6.45, 7) is 0. The van der Waals surface area contributed by atoms with Gasteiger partial charge in [0.2, 0.25) is 0 Å². The van der Waals surface area contributed by atoms with Gasteiger partial charge >= 0.3 is 0 Å². The summed E-state index contributed by atoms with van der Waals surface area (Å²) in [7, 11) is 0. The van der Waals surface area contributed by atoms with Crippen molar-refractivity contribution in [2.75, 3.05) is 4.90 Å². The van der Waals surface area contributed by atoms with Crippen LogP contribution >= 0.6 is 0 Å². The van der Waals surface area contributed by atoms with Crippen LogP contribution in [-0.2, 0) is 0 Å². The molecule has 4 nitrogen and oxygen atoms in total. The predicted molar refractivity (Wildman–Crippen MR) is 206 cm³/mol. The highest BCUT2D eigenvalue weighted by atomic mass is 15.2. The second-order valence-electron chi connectivity index (χ2n) is 12.7. The fraction of sp³-hybridized carbons (Fsp3) is 0.0435. The Morgan fingerprint density at radius 2 is 1.04 bits per heavy atom. The molecule has 4 aromatic carbocycles. The Morgan fingerprint density at radius 1 is 0.460 bits per heavy atom. The number of benzene rings is 4. The molecule has 50 heavy (non-hydrogen) atoms. The molecule has 9 rings (SSSR count). The van der Waals surface area contributed by atoms with Gasteiger partial charge in [-0.05, 0) is 65.5 Å². The van der Waals surface area contributed by atoms with Gasteiger partial charge in [0.25, 0.3) is 0 Å². The van der Waals surface area contributed by atoms with Crippen molar-refractivity contribution in [3.8, 4) is 39.3 Å². The Labute approximate surface area is 292 Å². The van der Waals surface area contributed by atoms with E-state index in [9.17, 15) is 0 Å². The maximum atomic E-state index is 4.84. The first-order chi connectivity index (χ1) is 24.8. The summed E-state index contributed by atoms with van der Waals surface area (Å²) < 4.78 is 2.22. The Morgan fingerprint density at radius 3 is 1.74 bits per heavy atom. The molecule has 4 heterocycles. The third-order valence-electron chi connectivity index (χ3n) is 9.74. The van der Waals surface area contributed by atoms with Crippen LogP contribution in [0.3, 0.4) is 0 Å². The molecule has 0 radical (unpaired) electrons. The SMILES string of the molecule is C1=CC2c3ccccc3N(c3ccc(-c4ccc(-c5ccc(-c6ccc(-n7ccccccc8ccccc87)cc6)nc5)cn4)cc3)C2C=C1. The first kappa shape index (κ1) is 29.6. The molecule has 2 atom stereocenters. The van der Waals surface area contributed by atoms with E-state index in [-0.39, 0.29) is 0 Å². The second kappa shape index (κ2) is 12.8. The van der Waals surface area contributed by atoms with Crippen LogP contribution in [0.5, 0.6) is 0 Å². The van der Waals surface area contributed by atoms with Crippen molar-refractivity contribution in [3.63, 3.8) is 0 Å². The largest absolute Gasteiger partial charge is 0.333 e. The summed E-state index contributed by atoms with van der Waals surface area (Å²) in [6.07, 6.45) is 14.9. The van der Waals surface area contributed by atoms with Gasteiger partial charge in [0.1, 0.15) is 0 Å². The van der Waals surface area contributed by atoms with Crippen molar-refractivity contribution in [2.45, 2.75) is 12.0 Å². The number of fused-ring (bicyclic) bond motifs is 4. The van der Waals surface area contributed by atoms with E-state index in [1.165, 1.54) is 22.3 Å². The number of hydrogen-bond acceptors (Lipinski definition) is 3. The molecular weight excluding hydrogens is 609 g/mol. The van der Waals surface area contributed by atoms with Gasteiger partial charge < -0.3 is 9.47 Å². The highest BCUT2D eigenvalue weighted by molar-refractivity contribution is 5.80. The van der Waals surface area contributed by atoms with Crippen molar-refractivity contribution in [2.24, 2.45) is 0 Å². The maximum Gasteiger partial charge on any atom is 0.0702 e. The van der Waals surface area contributed by atoms with Crippen molar-refractivity contribution in [3.05, 3.63) is 200 Å². The smallest absolute Gasteiger partial charge is 0.0702 e. The quantitative estimate of drug-likeness (QED) is 0.187. The minimum absolute atomic E-state index is 0.296. The summed E-state index contributed by atoms with van der Waals surface area (Å²) >= 11 is 0. The average Bonchev–Trinajstić information content (AvgIpc) is 3.57. The zero-order chi connectivity index (χ0) is 33.3. The van der Waals surface area contributed by atoms with Crippen LogP contribution in [0.1, 0.15) is 11.5 Å². The Balaban J connectivity index is 0.923. The van der Waals surface area contributed by atoms with Crippen molar-refractivity contribution in [1.82, 2.24) is 14.5 Å². The van der Waals surface area contributed by atoms with E-state index < -0.39 is 0 Å². The van der Waals surface area contributed by atoms with E-state index >= 15 is 0 Å². The third-order valence-corrected chi connectivity index (χ3v) is 9.74. The number of rotatable bonds is 5. The molecule has 1 aliphatic carbocycles. The van der Waals surface area contributed by atoms with Gasteiger partial charge in [-0.15, -0.1) is 0 Å². The third kappa shape index (κ3) is 5.47. The molecule has 4 heteroatoms. The molecule has 0 saturated heterocycles. The zero-order valence-electron chi connectivity index (χ0n) is 27.4. The van der Waals surface area contributed by atoms with Crippen LogP contribution in [0, 0.1) is 0 Å². The van der Waals surface area contributed by atoms with Gasteiger partial charge in [0.05, 0.1) is 22.9 Å². The molecule has 0 N–H and O–H groups in total. The average molecular weight is 643 g/mol. The molecule has 2 aliphatic rings. The van der Waals surface area contributed by atoms with Gasteiger partial charge in [-0.3, -0.25) is 9.97 Å². The van der Waals surface area contributed by atoms with E-state index in [4.69, 9.17) is 9.97 Å². The van der Waals surface area contributed by atoms with Crippen LogP contribution in [-0.4, -0.2) is 20.6 Å². The lowest BCUT2D eigenvalue weighted by molar-refractivity contribution is 0.745. The van der Waals surface area contributed by atoms with E-state index in [1.807, 2.05) is 24.5 Å². The normalized spacial score (nSPS) is 15.8. The molecule has 0 spiro atoms. The van der Waals surface area contributed by atoms with Crippen LogP contribution in [0.25, 0.3) is 50.2 Å². The number of anilines is 2. The molecule has 2 unspecified atom stereocenters. The van der Waals surface area contributed by atoms with Gasteiger partial charge in [0.15, 0.2) is 0 Å². The van der Waals surface area contributed by atoms with Crippen LogP contribution < -0.4 is 4.90 Å². The van der Waals surface area contributed by atoms with Gasteiger partial charge in [-0.1, -0.05) is 121 Å². The van der Waals surface area contributed by atoms with E-state index in [0.717, 1.165) is 44.8 Å². The fourth-order valence-electron chi connectivity index (χ4n) is 7.22. The van der Waals surface area contributed by atoms with Gasteiger partial charge in [0, 0.05) is 63.8 Å². The summed E-state index contributed by atoms with van der Waals surface area (Å²) in [4.78, 5) is 12.1. The summed E-state index contributed by atoms with van der Waals surface area (Å²) in [5.74, 6) is 0.380. The van der Waals surface area contributed by atoms with Crippen molar-refractivity contribution < 1.29 is 0 Å². The van der Waals surface area contributed by atoms with Gasteiger partial charge in [-0.2, -0.15) is 0 Å². The van der Waals surface area contributed by atoms with E-state index in [1.54, 1.807) is 0 Å². The molecular formula is C46H34N4. The summed E-state index contributed by atoms with van der Waals surface area (Å²) in [6, 6.07) is 53.6. The number of pyridine rings is 2. The predicted octanol–water partition coefficient (Wildman–Crippen LogP) is 11.3. The first-order valence-electron chi connectivity index (χ1n) is 17.1. The number of para-hydroxylation sites is 2. The molecule has 1 aliphatic heterocycles. The monoisotopic (exact) mass is 642 g/mol. The van der Waals surface area contributed by atoms with Crippen LogP contribution in [0.4, 0.5) is 11.4 Å². The molecule has 0 amide bonds. The van der Waals surface area contributed by atoms with Gasteiger partial charge in [-0.25, -0.2) is 0 Å². The van der Waals surface area contributed by atoms with Crippen molar-refractivity contribution in [1.29, 1.82) is 0 Å². The summed E-state index contributed by atoms with van der Waals surface area (Å²) in [5, 5.41) is 1.17. The number of aromatic nitrogens is 3. The first-order valence-corrected chi connectivity index (χ1v) is 17.1. The van der Waals surface area contributed by atoms with E-state index in [0.29, 0.717) is 12.0 Å². The standard InChI is InChI=1S/C46H34N4/c1-2-10-30-49(44-15-7-4-12-35(44)11-3-1)38-24-18-33(19-25-38)42-28-22-36(31-47-42)37-23-29-43(48-32-37)34-20-26-39(27-21-34)50-45-16-8-5-13-40(45)41-14-6-9-17-46(41)50/h1-32,40,45H. The Bertz CT molecular complexity index is 2420. The minimum atomic E-state index is 0.296. The molecule has 0 saturated carbocycles. The zero-order valence-corrected chi connectivity index (χ0v) is 27.4. The topological polar surface area (TPSA) is 34.0 Å². The highest BCUT2D eigenvalue weighted by Crippen LogP contribution is 2.47. The molecule has 7 aromatic rings. The number of allylic oxidation sites excluding steroid dienone is 2. The number of nitrogens with zero attached hydrogens (tertiary/aromatic N) is 4. The Kier molecular flexibility index (Phi) is 7.60.